The molecule has 0 heterocycles. The third kappa shape index (κ3) is 5.11. The summed E-state index contributed by atoms with van der Waals surface area (Å²) in [5.74, 6) is 0.151. The molecule has 6 nitrogen and oxygen atoms in total. The zero-order valence-electron chi connectivity index (χ0n) is 12.6. The highest BCUT2D eigenvalue weighted by Gasteiger charge is 2.23. The lowest BCUT2D eigenvalue weighted by Crippen LogP contribution is -2.31. The van der Waals surface area contributed by atoms with Crippen LogP contribution in [0.4, 0.5) is 14.5 Å². The van der Waals surface area contributed by atoms with Crippen molar-refractivity contribution >= 4 is 5.69 Å². The number of nitro groups is 1. The molecule has 1 atom stereocenters. The normalized spacial score (nSPS) is 16.7. The summed E-state index contributed by atoms with van der Waals surface area (Å²) in [6.07, 6.45) is 3.69. The van der Waals surface area contributed by atoms with Crippen molar-refractivity contribution in [2.24, 2.45) is 5.92 Å². The van der Waals surface area contributed by atoms with Gasteiger partial charge in [-0.2, -0.15) is 8.78 Å². The molecular weight excluding hydrogens is 310 g/mol. The van der Waals surface area contributed by atoms with Gasteiger partial charge >= 0.3 is 6.61 Å². The lowest BCUT2D eigenvalue weighted by molar-refractivity contribution is -0.385. The maximum Gasteiger partial charge on any atom is 0.387 e. The maximum atomic E-state index is 12.4. The minimum Gasteiger partial charge on any atom is -0.434 e. The number of rotatable bonds is 8. The number of hydrogen-bond acceptors (Lipinski definition) is 5. The van der Waals surface area contributed by atoms with Gasteiger partial charge in [-0.3, -0.25) is 10.1 Å². The number of hydrogen-bond donors (Lipinski definition) is 2. The van der Waals surface area contributed by atoms with Crippen LogP contribution in [0.2, 0.25) is 0 Å². The molecule has 2 rings (SSSR count). The molecule has 1 fully saturated rings. The van der Waals surface area contributed by atoms with Crippen LogP contribution in [0.5, 0.6) is 5.75 Å². The summed E-state index contributed by atoms with van der Waals surface area (Å²) in [6, 6.07) is 3.48. The van der Waals surface area contributed by atoms with Gasteiger partial charge in [-0.25, -0.2) is 0 Å². The topological polar surface area (TPSA) is 84.6 Å². The largest absolute Gasteiger partial charge is 0.434 e. The van der Waals surface area contributed by atoms with Crippen LogP contribution in [0, 0.1) is 16.0 Å². The van der Waals surface area contributed by atoms with E-state index in [1.165, 1.54) is 6.07 Å². The number of aliphatic hydroxyl groups excluding tert-OH is 1. The highest BCUT2D eigenvalue weighted by atomic mass is 19.3. The number of alkyl halides is 2. The second-order valence-electron chi connectivity index (χ2n) is 5.67. The number of nitrogens with one attached hydrogen (secondary N) is 1. The van der Waals surface area contributed by atoms with Crippen molar-refractivity contribution in [2.75, 3.05) is 6.54 Å². The van der Waals surface area contributed by atoms with Gasteiger partial charge in [0.2, 0.25) is 0 Å². The first kappa shape index (κ1) is 17.6. The molecule has 0 bridgehead atoms. The minimum atomic E-state index is -3.00. The summed E-state index contributed by atoms with van der Waals surface area (Å²) >= 11 is 0. The predicted molar refractivity (Wildman–Crippen MR) is 79.4 cm³/mol. The fourth-order valence-corrected chi connectivity index (χ4v) is 2.89. The molecule has 8 heteroatoms. The van der Waals surface area contributed by atoms with Crippen LogP contribution in [0.3, 0.4) is 0 Å². The third-order valence-corrected chi connectivity index (χ3v) is 4.08. The Hall–Kier alpha value is -1.80. The number of halogens is 2. The SMILES string of the molecule is O=[N+]([O-])c1ccc(OC(F)F)c(CNCC(O)C2CCCC2)c1. The van der Waals surface area contributed by atoms with Crippen molar-refractivity contribution in [3.8, 4) is 5.75 Å². The highest BCUT2D eigenvalue weighted by molar-refractivity contribution is 5.43. The van der Waals surface area contributed by atoms with E-state index in [1.807, 2.05) is 0 Å². The molecule has 128 valence electrons. The van der Waals surface area contributed by atoms with E-state index >= 15 is 0 Å². The molecule has 0 spiro atoms. The molecule has 0 aliphatic heterocycles. The van der Waals surface area contributed by atoms with Crippen LogP contribution >= 0.6 is 0 Å². The molecule has 2 N–H and O–H groups in total. The number of non-ortho nitro benzene ring substituents is 1. The van der Waals surface area contributed by atoms with Crippen LogP contribution in [0.15, 0.2) is 18.2 Å². The van der Waals surface area contributed by atoms with Gasteiger partial charge in [-0.05, 0) is 24.8 Å². The van der Waals surface area contributed by atoms with E-state index in [0.29, 0.717) is 6.54 Å². The zero-order valence-corrected chi connectivity index (χ0v) is 12.6. The second-order valence-corrected chi connectivity index (χ2v) is 5.67. The fourth-order valence-electron chi connectivity index (χ4n) is 2.89. The van der Waals surface area contributed by atoms with Crippen molar-refractivity contribution in [3.63, 3.8) is 0 Å². The van der Waals surface area contributed by atoms with Gasteiger partial charge in [0.05, 0.1) is 11.0 Å². The summed E-state index contributed by atoms with van der Waals surface area (Å²) in [5.41, 5.74) is 0.0675. The van der Waals surface area contributed by atoms with Crippen molar-refractivity contribution in [3.05, 3.63) is 33.9 Å². The van der Waals surface area contributed by atoms with E-state index in [4.69, 9.17) is 0 Å². The van der Waals surface area contributed by atoms with Gasteiger partial charge in [0.1, 0.15) is 5.75 Å². The average Bonchev–Trinajstić information content (AvgIpc) is 3.02. The lowest BCUT2D eigenvalue weighted by atomic mass is 10.0. The quantitative estimate of drug-likeness (QED) is 0.565. The van der Waals surface area contributed by atoms with E-state index in [0.717, 1.165) is 37.8 Å². The van der Waals surface area contributed by atoms with Gasteiger partial charge in [-0.15, -0.1) is 0 Å². The summed E-state index contributed by atoms with van der Waals surface area (Å²) in [5, 5.41) is 23.8. The van der Waals surface area contributed by atoms with E-state index in [-0.39, 0.29) is 29.5 Å². The van der Waals surface area contributed by atoms with Crippen LogP contribution in [0.1, 0.15) is 31.2 Å². The fraction of sp³-hybridized carbons (Fsp3) is 0.600. The van der Waals surface area contributed by atoms with Crippen molar-refractivity contribution < 1.29 is 23.5 Å². The van der Waals surface area contributed by atoms with Crippen molar-refractivity contribution in [1.29, 1.82) is 0 Å². The number of benzene rings is 1. The number of nitrogens with zero attached hydrogens (tertiary/aromatic N) is 1. The van der Waals surface area contributed by atoms with Gasteiger partial charge in [0.15, 0.2) is 0 Å². The number of ether oxygens (including phenoxy) is 1. The van der Waals surface area contributed by atoms with E-state index in [1.54, 1.807) is 0 Å². The van der Waals surface area contributed by atoms with E-state index in [9.17, 15) is 24.0 Å². The number of aliphatic hydroxyl groups is 1. The molecule has 1 aromatic rings. The maximum absolute atomic E-state index is 12.4. The van der Waals surface area contributed by atoms with Gasteiger partial charge in [0, 0.05) is 30.8 Å². The first-order valence-corrected chi connectivity index (χ1v) is 7.58. The molecule has 1 aliphatic carbocycles. The summed E-state index contributed by atoms with van der Waals surface area (Å²) < 4.78 is 29.2. The summed E-state index contributed by atoms with van der Waals surface area (Å²) in [6.45, 7) is -2.59. The Morgan fingerprint density at radius 2 is 2.09 bits per heavy atom. The Balaban J connectivity index is 1.98. The van der Waals surface area contributed by atoms with Crippen LogP contribution in [0.25, 0.3) is 0 Å². The Bertz CT molecular complexity index is 536. The monoisotopic (exact) mass is 330 g/mol. The Morgan fingerprint density at radius 3 is 2.70 bits per heavy atom. The molecule has 0 amide bonds. The van der Waals surface area contributed by atoms with Crippen LogP contribution in [-0.2, 0) is 6.54 Å². The Morgan fingerprint density at radius 1 is 1.39 bits per heavy atom. The van der Waals surface area contributed by atoms with Crippen LogP contribution in [-0.4, -0.2) is 29.3 Å². The van der Waals surface area contributed by atoms with Gasteiger partial charge in [-0.1, -0.05) is 12.8 Å². The minimum absolute atomic E-state index is 0.103. The molecule has 1 unspecified atom stereocenters. The molecule has 0 aromatic heterocycles. The third-order valence-electron chi connectivity index (χ3n) is 4.08. The Kier molecular flexibility index (Phi) is 6.23. The van der Waals surface area contributed by atoms with Crippen molar-refractivity contribution in [2.45, 2.75) is 44.9 Å². The molecule has 1 aliphatic rings. The van der Waals surface area contributed by atoms with E-state index in [2.05, 4.69) is 10.1 Å². The Labute approximate surface area is 132 Å². The first-order chi connectivity index (χ1) is 11.0. The highest BCUT2D eigenvalue weighted by Crippen LogP contribution is 2.28. The van der Waals surface area contributed by atoms with Gasteiger partial charge < -0.3 is 15.2 Å². The molecule has 23 heavy (non-hydrogen) atoms. The number of nitro benzene ring substituents is 1. The summed E-state index contributed by atoms with van der Waals surface area (Å²) in [4.78, 5) is 10.2. The average molecular weight is 330 g/mol. The summed E-state index contributed by atoms with van der Waals surface area (Å²) in [7, 11) is 0. The first-order valence-electron chi connectivity index (χ1n) is 7.58. The second kappa shape index (κ2) is 8.16. The van der Waals surface area contributed by atoms with Crippen molar-refractivity contribution in [1.82, 2.24) is 5.32 Å². The molecule has 0 radical (unpaired) electrons. The predicted octanol–water partition coefficient (Wildman–Crippen LogP) is 2.84. The zero-order chi connectivity index (χ0) is 16.8. The smallest absolute Gasteiger partial charge is 0.387 e. The molecule has 1 aromatic carbocycles. The standard InChI is InChI=1S/C15H20F2N2O4/c16-15(17)23-14-6-5-12(19(21)22)7-11(14)8-18-9-13(20)10-3-1-2-4-10/h5-7,10,13,15,18,20H,1-4,8-9H2. The molecular formula is C15H20F2N2O4. The van der Waals surface area contributed by atoms with Gasteiger partial charge in [0.25, 0.3) is 5.69 Å². The molecule has 1 saturated carbocycles. The van der Waals surface area contributed by atoms with E-state index < -0.39 is 17.6 Å². The molecule has 0 saturated heterocycles. The lowest BCUT2D eigenvalue weighted by Gasteiger charge is -2.18. The van der Waals surface area contributed by atoms with Crippen LogP contribution < -0.4 is 10.1 Å².